The molecule has 54 heavy (non-hydrogen) atoms. The van der Waals surface area contributed by atoms with Crippen LogP contribution in [0.2, 0.25) is 0 Å². The Kier molecular flexibility index (Phi) is 8.57. The molecule has 1 saturated carbocycles. The summed E-state index contributed by atoms with van der Waals surface area (Å²) in [4.78, 5) is 48.9. The lowest BCUT2D eigenvalue weighted by molar-refractivity contribution is -0.145. The van der Waals surface area contributed by atoms with Gasteiger partial charge in [-0.25, -0.2) is 14.4 Å². The van der Waals surface area contributed by atoms with Crippen molar-refractivity contribution in [3.8, 4) is 11.3 Å². The zero-order valence-corrected chi connectivity index (χ0v) is 32.0. The Labute approximate surface area is 316 Å². The zero-order valence-electron chi connectivity index (χ0n) is 32.0. The molecule has 4 aliphatic heterocycles. The van der Waals surface area contributed by atoms with Gasteiger partial charge in [-0.15, -0.1) is 0 Å². The number of carbonyl (C=O) groups is 2. The van der Waals surface area contributed by atoms with Gasteiger partial charge < -0.3 is 24.4 Å². The summed E-state index contributed by atoms with van der Waals surface area (Å²) >= 11 is 0. The maximum Gasteiger partial charge on any atom is 0.251 e. The molecule has 12 heteroatoms. The highest BCUT2D eigenvalue weighted by molar-refractivity contribution is 6.09. The summed E-state index contributed by atoms with van der Waals surface area (Å²) in [6.45, 7) is 14.8. The van der Waals surface area contributed by atoms with Crippen LogP contribution >= 0.6 is 0 Å². The molecule has 7 heterocycles. The van der Waals surface area contributed by atoms with Crippen LogP contribution in [-0.4, -0.2) is 92.1 Å². The number of fused-ring (bicyclic) bond motifs is 3. The average Bonchev–Trinajstić information content (AvgIpc) is 3.91. The topological polar surface area (TPSA) is 109 Å². The average molecular weight is 735 g/mol. The summed E-state index contributed by atoms with van der Waals surface area (Å²) < 4.78 is 22.8. The van der Waals surface area contributed by atoms with Gasteiger partial charge in [-0.1, -0.05) is 32.9 Å². The van der Waals surface area contributed by atoms with Crippen LogP contribution < -0.4 is 10.2 Å². The minimum atomic E-state index is -0.688. The first-order valence-electron chi connectivity index (χ1n) is 19.8. The fraction of sp³-hybridized carbons (Fsp3) is 0.548. The van der Waals surface area contributed by atoms with Gasteiger partial charge in [0, 0.05) is 61.8 Å². The second-order valence-corrected chi connectivity index (χ2v) is 17.5. The van der Waals surface area contributed by atoms with Gasteiger partial charge >= 0.3 is 0 Å². The SMILES string of the molecule is CC(C)n1cnc2cc(-c3ccc4c(c3)N(C3CC(N5CCC(C)(C)C5)C3)C(=O)C43CCN(C(=O)[C@@H]4OCC[C@@H]4C)CC3)nc(Nc3ccncc3F)c21. The number of anilines is 3. The Morgan fingerprint density at radius 3 is 2.54 bits per heavy atom. The van der Waals surface area contributed by atoms with Gasteiger partial charge in [-0.3, -0.25) is 19.5 Å². The van der Waals surface area contributed by atoms with Gasteiger partial charge in [0.05, 0.1) is 34.8 Å². The van der Waals surface area contributed by atoms with Gasteiger partial charge in [-0.05, 0) is 94.0 Å². The lowest BCUT2D eigenvalue weighted by Gasteiger charge is -2.46. The van der Waals surface area contributed by atoms with E-state index in [9.17, 15) is 14.0 Å². The van der Waals surface area contributed by atoms with Crippen molar-refractivity contribution >= 4 is 40.0 Å². The number of ether oxygens (including phenoxy) is 1. The van der Waals surface area contributed by atoms with Crippen LogP contribution in [0.4, 0.5) is 21.6 Å². The van der Waals surface area contributed by atoms with E-state index in [2.05, 4.69) is 72.9 Å². The molecule has 1 spiro atoms. The molecular weight excluding hydrogens is 684 g/mol. The Balaban J connectivity index is 1.07. The summed E-state index contributed by atoms with van der Waals surface area (Å²) in [5.41, 5.74) is 4.97. The number of pyridine rings is 2. The van der Waals surface area contributed by atoms with Gasteiger partial charge in [-0.2, -0.15) is 0 Å². The van der Waals surface area contributed by atoms with Crippen LogP contribution in [0.5, 0.6) is 0 Å². The fourth-order valence-electron chi connectivity index (χ4n) is 9.72. The number of nitrogens with zero attached hydrogens (tertiary/aromatic N) is 7. The highest BCUT2D eigenvalue weighted by atomic mass is 19.1. The van der Waals surface area contributed by atoms with E-state index in [4.69, 9.17) is 14.7 Å². The van der Waals surface area contributed by atoms with Gasteiger partial charge in [0.1, 0.15) is 11.6 Å². The van der Waals surface area contributed by atoms with E-state index in [-0.39, 0.29) is 35.5 Å². The molecule has 1 aromatic carbocycles. The number of aromatic nitrogens is 4. The molecule has 0 bridgehead atoms. The number of piperidine rings is 1. The summed E-state index contributed by atoms with van der Waals surface area (Å²) in [6.07, 6.45) is 9.30. The second-order valence-electron chi connectivity index (χ2n) is 17.5. The number of amides is 2. The molecule has 0 unspecified atom stereocenters. The third-order valence-corrected chi connectivity index (χ3v) is 13.1. The predicted molar refractivity (Wildman–Crippen MR) is 206 cm³/mol. The number of imidazole rings is 1. The lowest BCUT2D eigenvalue weighted by Crippen LogP contribution is -2.58. The number of likely N-dealkylation sites (tertiary alicyclic amines) is 2. The fourth-order valence-corrected chi connectivity index (χ4v) is 9.72. The standard InChI is InChI=1S/C42H51FN8O3/c1-25(2)50-24-45-34-21-33(47-38(36(34)50)46-32-8-13-44-22-31(32)43)27-6-7-30-35(18-27)51(29-19-28(20-29)49-14-10-41(4,5)23-49)40(53)42(30)11-15-48(16-12-42)39(52)37-26(3)9-17-54-37/h6-8,13,18,21-22,24-26,28-29,37H,9-12,14-17,19-20,23H2,1-5H3,(H,44,46,47)/t26-,28?,29?,37+/m0/s1. The minimum absolute atomic E-state index is 0.0560. The normalized spacial score (nSPS) is 26.2. The highest BCUT2D eigenvalue weighted by Crippen LogP contribution is 2.52. The lowest BCUT2D eigenvalue weighted by atomic mass is 9.73. The van der Waals surface area contributed by atoms with Crippen molar-refractivity contribution in [3.05, 3.63) is 60.4 Å². The Morgan fingerprint density at radius 2 is 1.85 bits per heavy atom. The van der Waals surface area contributed by atoms with Crippen LogP contribution in [0.3, 0.4) is 0 Å². The van der Waals surface area contributed by atoms with Crippen molar-refractivity contribution in [1.82, 2.24) is 29.3 Å². The molecule has 9 rings (SSSR count). The quantitative estimate of drug-likeness (QED) is 0.220. The molecule has 2 amide bonds. The van der Waals surface area contributed by atoms with Crippen LogP contribution in [0.15, 0.2) is 49.1 Å². The van der Waals surface area contributed by atoms with E-state index in [0.29, 0.717) is 55.5 Å². The van der Waals surface area contributed by atoms with E-state index in [1.54, 1.807) is 18.6 Å². The van der Waals surface area contributed by atoms with Crippen LogP contribution in [0.1, 0.15) is 84.7 Å². The third kappa shape index (κ3) is 5.79. The van der Waals surface area contributed by atoms with E-state index < -0.39 is 17.3 Å². The van der Waals surface area contributed by atoms with E-state index >= 15 is 0 Å². The number of benzene rings is 1. The molecule has 1 N–H and O–H groups in total. The summed E-state index contributed by atoms with van der Waals surface area (Å²) in [7, 11) is 0. The molecule has 3 aromatic heterocycles. The van der Waals surface area contributed by atoms with Crippen molar-refractivity contribution in [1.29, 1.82) is 0 Å². The summed E-state index contributed by atoms with van der Waals surface area (Å²) in [5, 5.41) is 3.23. The first-order valence-corrected chi connectivity index (χ1v) is 19.8. The molecule has 0 radical (unpaired) electrons. The molecule has 2 atom stereocenters. The molecule has 4 fully saturated rings. The molecular formula is C42H51FN8O3. The number of nitrogens with one attached hydrogen (secondary N) is 1. The number of halogens is 1. The number of rotatable bonds is 7. The highest BCUT2D eigenvalue weighted by Gasteiger charge is 2.56. The Morgan fingerprint density at radius 1 is 1.06 bits per heavy atom. The maximum atomic E-state index is 15.0. The largest absolute Gasteiger partial charge is 0.368 e. The van der Waals surface area contributed by atoms with Crippen molar-refractivity contribution in [2.24, 2.45) is 11.3 Å². The Bertz CT molecular complexity index is 2120. The summed E-state index contributed by atoms with van der Waals surface area (Å²) in [5.74, 6) is 0.444. The van der Waals surface area contributed by atoms with Crippen molar-refractivity contribution in [3.63, 3.8) is 0 Å². The zero-order chi connectivity index (χ0) is 37.5. The minimum Gasteiger partial charge on any atom is -0.368 e. The molecule has 1 aliphatic carbocycles. The molecule has 5 aliphatic rings. The van der Waals surface area contributed by atoms with Gasteiger partial charge in [0.15, 0.2) is 11.6 Å². The third-order valence-electron chi connectivity index (χ3n) is 13.1. The van der Waals surface area contributed by atoms with Crippen LogP contribution in [0.25, 0.3) is 22.3 Å². The molecule has 11 nitrogen and oxygen atoms in total. The predicted octanol–water partition coefficient (Wildman–Crippen LogP) is 6.85. The molecule has 284 valence electrons. The first-order chi connectivity index (χ1) is 25.9. The van der Waals surface area contributed by atoms with Gasteiger partial charge in [0.2, 0.25) is 5.91 Å². The number of hydrogen-bond donors (Lipinski definition) is 1. The number of carbonyl (C=O) groups excluding carboxylic acids is 2. The summed E-state index contributed by atoms with van der Waals surface area (Å²) in [6, 6.07) is 10.6. The van der Waals surface area contributed by atoms with Crippen LogP contribution in [0, 0.1) is 17.2 Å². The first kappa shape index (κ1) is 35.3. The van der Waals surface area contributed by atoms with Crippen molar-refractivity contribution in [2.45, 2.75) is 103 Å². The van der Waals surface area contributed by atoms with Gasteiger partial charge in [0.25, 0.3) is 5.91 Å². The smallest absolute Gasteiger partial charge is 0.251 e. The van der Waals surface area contributed by atoms with Crippen molar-refractivity contribution in [2.75, 3.05) is 43.0 Å². The van der Waals surface area contributed by atoms with E-state index in [1.165, 1.54) is 12.6 Å². The Hall–Kier alpha value is -4.42. The van der Waals surface area contributed by atoms with Crippen LogP contribution in [-0.2, 0) is 19.7 Å². The molecule has 3 saturated heterocycles. The molecule has 4 aromatic rings. The van der Waals surface area contributed by atoms with E-state index in [0.717, 1.165) is 60.2 Å². The second kappa shape index (κ2) is 13.1. The van der Waals surface area contributed by atoms with E-state index in [1.807, 2.05) is 15.5 Å². The van der Waals surface area contributed by atoms with Crippen molar-refractivity contribution < 1.29 is 18.7 Å². The maximum absolute atomic E-state index is 15.0. The monoisotopic (exact) mass is 734 g/mol. The number of hydrogen-bond acceptors (Lipinski definition) is 8.